The van der Waals surface area contributed by atoms with Crippen LogP contribution in [0.5, 0.6) is 5.75 Å². The fourth-order valence-corrected chi connectivity index (χ4v) is 1.94. The molecule has 1 atom stereocenters. The first-order valence-electron chi connectivity index (χ1n) is 6.02. The van der Waals surface area contributed by atoms with Crippen LogP contribution >= 0.6 is 15.9 Å². The summed E-state index contributed by atoms with van der Waals surface area (Å²) in [6.45, 7) is 1.69. The van der Waals surface area contributed by atoms with Crippen LogP contribution in [0, 0.1) is 0 Å². The quantitative estimate of drug-likeness (QED) is 0.779. The van der Waals surface area contributed by atoms with Gasteiger partial charge in [-0.05, 0) is 30.7 Å². The van der Waals surface area contributed by atoms with E-state index in [2.05, 4.69) is 21.2 Å². The van der Waals surface area contributed by atoms with Crippen LogP contribution in [0.1, 0.15) is 18.9 Å². The molecule has 0 fully saturated rings. The fraction of sp³-hybridized carbons (Fsp3) is 0.286. The van der Waals surface area contributed by atoms with Gasteiger partial charge in [0.25, 0.3) is 0 Å². The molecule has 0 saturated heterocycles. The lowest BCUT2D eigenvalue weighted by atomic mass is 10.2. The first-order valence-corrected chi connectivity index (χ1v) is 6.82. The minimum atomic E-state index is -1.05. The van der Waals surface area contributed by atoms with Crippen LogP contribution in [-0.2, 0) is 9.59 Å². The summed E-state index contributed by atoms with van der Waals surface area (Å²) in [5, 5.41) is 11.3. The third-order valence-corrected chi connectivity index (χ3v) is 3.12. The van der Waals surface area contributed by atoms with Crippen molar-refractivity contribution in [3.8, 4) is 5.75 Å². The molecule has 1 aromatic rings. The molecule has 0 aliphatic carbocycles. The maximum atomic E-state index is 11.7. The number of aliphatic carboxylic acids is 1. The second kappa shape index (κ2) is 7.69. The average molecular weight is 342 g/mol. The Morgan fingerprint density at radius 2 is 2.20 bits per heavy atom. The summed E-state index contributed by atoms with van der Waals surface area (Å²) >= 11 is 3.34. The number of ether oxygens (including phenoxy) is 1. The van der Waals surface area contributed by atoms with E-state index in [1.165, 1.54) is 13.2 Å². The molecule has 1 aromatic carbocycles. The van der Waals surface area contributed by atoms with Crippen LogP contribution < -0.4 is 10.1 Å². The molecule has 0 unspecified atom stereocenters. The number of carbonyl (C=O) groups is 2. The van der Waals surface area contributed by atoms with Crippen molar-refractivity contribution in [2.75, 3.05) is 7.11 Å². The lowest BCUT2D eigenvalue weighted by Crippen LogP contribution is -2.39. The van der Waals surface area contributed by atoms with E-state index in [1.54, 1.807) is 25.1 Å². The lowest BCUT2D eigenvalue weighted by molar-refractivity contribution is -0.141. The van der Waals surface area contributed by atoms with Gasteiger partial charge in [0, 0.05) is 16.1 Å². The number of carbonyl (C=O) groups excluding carboxylic acids is 1. The van der Waals surface area contributed by atoms with Gasteiger partial charge >= 0.3 is 5.97 Å². The van der Waals surface area contributed by atoms with E-state index in [-0.39, 0.29) is 0 Å². The highest BCUT2D eigenvalue weighted by Gasteiger charge is 2.15. The summed E-state index contributed by atoms with van der Waals surface area (Å²) in [6, 6.07) is 4.52. The Morgan fingerprint density at radius 1 is 1.50 bits per heavy atom. The first-order chi connectivity index (χ1) is 9.47. The third-order valence-electron chi connectivity index (χ3n) is 2.63. The third kappa shape index (κ3) is 4.70. The van der Waals surface area contributed by atoms with Crippen molar-refractivity contribution >= 4 is 33.9 Å². The van der Waals surface area contributed by atoms with Gasteiger partial charge in [0.05, 0.1) is 7.11 Å². The highest BCUT2D eigenvalue weighted by atomic mass is 79.9. The van der Waals surface area contributed by atoms with Crippen LogP contribution in [0.2, 0.25) is 0 Å². The van der Waals surface area contributed by atoms with E-state index in [1.807, 2.05) is 6.07 Å². The van der Waals surface area contributed by atoms with E-state index < -0.39 is 17.9 Å². The molecule has 5 nitrogen and oxygen atoms in total. The van der Waals surface area contributed by atoms with Crippen molar-refractivity contribution in [1.82, 2.24) is 5.32 Å². The van der Waals surface area contributed by atoms with Gasteiger partial charge in [-0.1, -0.05) is 22.9 Å². The molecule has 2 N–H and O–H groups in total. The highest BCUT2D eigenvalue weighted by molar-refractivity contribution is 9.10. The average Bonchev–Trinajstić information content (AvgIpc) is 2.42. The molecule has 108 valence electrons. The van der Waals surface area contributed by atoms with Crippen LogP contribution in [-0.4, -0.2) is 30.1 Å². The molecular weight excluding hydrogens is 326 g/mol. The highest BCUT2D eigenvalue weighted by Crippen LogP contribution is 2.23. The monoisotopic (exact) mass is 341 g/mol. The molecule has 0 radical (unpaired) electrons. The second-order valence-corrected chi connectivity index (χ2v) is 4.94. The van der Waals surface area contributed by atoms with Gasteiger partial charge in [0.15, 0.2) is 0 Å². The number of halogens is 1. The van der Waals surface area contributed by atoms with Crippen molar-refractivity contribution < 1.29 is 19.4 Å². The zero-order valence-corrected chi connectivity index (χ0v) is 12.8. The van der Waals surface area contributed by atoms with Crippen molar-refractivity contribution in [3.05, 3.63) is 34.3 Å². The van der Waals surface area contributed by atoms with E-state index in [0.717, 1.165) is 10.0 Å². The van der Waals surface area contributed by atoms with Gasteiger partial charge in [-0.2, -0.15) is 0 Å². The topological polar surface area (TPSA) is 75.6 Å². The predicted molar refractivity (Wildman–Crippen MR) is 79.6 cm³/mol. The molecule has 0 aromatic heterocycles. The van der Waals surface area contributed by atoms with E-state index in [0.29, 0.717) is 12.2 Å². The van der Waals surface area contributed by atoms with Gasteiger partial charge in [0.2, 0.25) is 5.91 Å². The van der Waals surface area contributed by atoms with Gasteiger partial charge in [-0.3, -0.25) is 4.79 Å². The molecule has 0 spiro atoms. The number of amides is 1. The van der Waals surface area contributed by atoms with Gasteiger partial charge in [0.1, 0.15) is 11.8 Å². The maximum absolute atomic E-state index is 11.7. The maximum Gasteiger partial charge on any atom is 0.326 e. The Balaban J connectivity index is 2.79. The summed E-state index contributed by atoms with van der Waals surface area (Å²) < 4.78 is 6.03. The zero-order chi connectivity index (χ0) is 15.1. The molecule has 0 aliphatic rings. The number of benzene rings is 1. The Labute approximate surface area is 125 Å². The Kier molecular flexibility index (Phi) is 6.24. The van der Waals surface area contributed by atoms with E-state index >= 15 is 0 Å². The summed E-state index contributed by atoms with van der Waals surface area (Å²) in [6.07, 6.45) is 3.19. The Hall–Kier alpha value is -1.82. The molecule has 1 amide bonds. The van der Waals surface area contributed by atoms with Crippen LogP contribution in [0.25, 0.3) is 6.08 Å². The molecule has 0 aliphatic heterocycles. The molecule has 6 heteroatoms. The largest absolute Gasteiger partial charge is 0.496 e. The minimum absolute atomic E-state index is 0.328. The van der Waals surface area contributed by atoms with Crippen molar-refractivity contribution in [2.45, 2.75) is 19.4 Å². The summed E-state index contributed by atoms with van der Waals surface area (Å²) in [7, 11) is 1.54. The number of carboxylic acids is 1. The van der Waals surface area contributed by atoms with Crippen molar-refractivity contribution in [1.29, 1.82) is 0 Å². The predicted octanol–water partition coefficient (Wildman–Crippen LogP) is 2.45. The zero-order valence-electron chi connectivity index (χ0n) is 11.2. The number of nitrogens with one attached hydrogen (secondary N) is 1. The molecule has 0 bridgehead atoms. The fourth-order valence-electron chi connectivity index (χ4n) is 1.56. The van der Waals surface area contributed by atoms with Crippen LogP contribution in [0.4, 0.5) is 0 Å². The lowest BCUT2D eigenvalue weighted by Gasteiger charge is -2.10. The summed E-state index contributed by atoms with van der Waals surface area (Å²) in [4.78, 5) is 22.5. The smallest absolute Gasteiger partial charge is 0.326 e. The summed E-state index contributed by atoms with van der Waals surface area (Å²) in [5.41, 5.74) is 0.723. The molecular formula is C14H16BrNO4. The van der Waals surface area contributed by atoms with Crippen molar-refractivity contribution in [3.63, 3.8) is 0 Å². The van der Waals surface area contributed by atoms with Gasteiger partial charge < -0.3 is 15.2 Å². The van der Waals surface area contributed by atoms with Gasteiger partial charge in [-0.25, -0.2) is 4.79 Å². The standard InChI is InChI=1S/C14H16BrNO4/c1-3-11(14(18)19)16-13(17)7-4-9-8-10(15)5-6-12(9)20-2/h4-8,11H,3H2,1-2H3,(H,16,17)(H,18,19)/b7-4+/t11-/m0/s1. The molecule has 0 heterocycles. The SMILES string of the molecule is CC[C@H](NC(=O)/C=C/c1cc(Br)ccc1OC)C(=O)O. The second-order valence-electron chi connectivity index (χ2n) is 4.03. The number of rotatable bonds is 6. The van der Waals surface area contributed by atoms with Crippen LogP contribution in [0.15, 0.2) is 28.7 Å². The number of hydrogen-bond acceptors (Lipinski definition) is 3. The number of hydrogen-bond donors (Lipinski definition) is 2. The van der Waals surface area contributed by atoms with Gasteiger partial charge in [-0.15, -0.1) is 0 Å². The van der Waals surface area contributed by atoms with Crippen molar-refractivity contribution in [2.24, 2.45) is 0 Å². The molecule has 0 saturated carbocycles. The van der Waals surface area contributed by atoms with Crippen LogP contribution in [0.3, 0.4) is 0 Å². The Morgan fingerprint density at radius 3 is 2.75 bits per heavy atom. The Bertz CT molecular complexity index is 528. The van der Waals surface area contributed by atoms with E-state index in [9.17, 15) is 9.59 Å². The summed E-state index contributed by atoms with van der Waals surface area (Å²) in [5.74, 6) is -0.877. The minimum Gasteiger partial charge on any atom is -0.496 e. The molecule has 1 rings (SSSR count). The number of methoxy groups -OCH3 is 1. The first kappa shape index (κ1) is 16.2. The number of carboxylic acid groups (broad SMARTS) is 1. The molecule has 20 heavy (non-hydrogen) atoms. The van der Waals surface area contributed by atoms with E-state index in [4.69, 9.17) is 9.84 Å². The normalized spacial score (nSPS) is 12.2.